The first-order chi connectivity index (χ1) is 11.2. The van der Waals surface area contributed by atoms with Crippen molar-refractivity contribution in [3.05, 3.63) is 54.7 Å². The Morgan fingerprint density at radius 3 is 3.09 bits per heavy atom. The highest BCUT2D eigenvalue weighted by Crippen LogP contribution is 2.20. The molecule has 0 bridgehead atoms. The number of rotatable bonds is 7. The fourth-order valence-corrected chi connectivity index (χ4v) is 2.79. The number of hydrogen-bond acceptors (Lipinski definition) is 2. The topological polar surface area (TPSA) is 62.7 Å². The second kappa shape index (κ2) is 7.13. The molecule has 2 N–H and O–H groups in total. The van der Waals surface area contributed by atoms with Gasteiger partial charge in [0, 0.05) is 48.5 Å². The minimum Gasteiger partial charge on any atom is -0.361 e. The van der Waals surface area contributed by atoms with Gasteiger partial charge in [0.25, 0.3) is 0 Å². The van der Waals surface area contributed by atoms with Crippen molar-refractivity contribution in [2.45, 2.75) is 26.3 Å². The lowest BCUT2D eigenvalue weighted by Crippen LogP contribution is -2.31. The fourth-order valence-electron chi connectivity index (χ4n) is 2.79. The van der Waals surface area contributed by atoms with E-state index >= 15 is 0 Å². The van der Waals surface area contributed by atoms with Gasteiger partial charge < -0.3 is 14.9 Å². The molecule has 0 radical (unpaired) electrons. The van der Waals surface area contributed by atoms with Crippen molar-refractivity contribution in [1.29, 1.82) is 0 Å². The largest absolute Gasteiger partial charge is 0.361 e. The van der Waals surface area contributed by atoms with Gasteiger partial charge in [0.05, 0.1) is 6.33 Å². The average molecular weight is 310 g/mol. The molecule has 1 amide bonds. The van der Waals surface area contributed by atoms with Gasteiger partial charge in [-0.25, -0.2) is 4.98 Å². The van der Waals surface area contributed by atoms with Crippen LogP contribution in [0.4, 0.5) is 0 Å². The monoisotopic (exact) mass is 310 g/mol. The van der Waals surface area contributed by atoms with Crippen LogP contribution >= 0.6 is 0 Å². The molecule has 0 fully saturated rings. The van der Waals surface area contributed by atoms with Crippen LogP contribution in [-0.2, 0) is 17.8 Å². The van der Waals surface area contributed by atoms with Crippen LogP contribution in [0.3, 0.4) is 0 Å². The third-order valence-corrected chi connectivity index (χ3v) is 4.10. The number of carbonyl (C=O) groups is 1. The summed E-state index contributed by atoms with van der Waals surface area (Å²) in [5.41, 5.74) is 2.32. The number of carbonyl (C=O) groups excluding carboxylic acids is 1. The molecule has 1 atom stereocenters. The first-order valence-corrected chi connectivity index (χ1v) is 8.02. The van der Waals surface area contributed by atoms with Crippen molar-refractivity contribution in [2.24, 2.45) is 5.92 Å². The van der Waals surface area contributed by atoms with Gasteiger partial charge in [0.1, 0.15) is 0 Å². The summed E-state index contributed by atoms with van der Waals surface area (Å²) in [5, 5.41) is 4.22. The van der Waals surface area contributed by atoms with Gasteiger partial charge in [-0.3, -0.25) is 4.79 Å². The summed E-state index contributed by atoms with van der Waals surface area (Å²) in [6.07, 6.45) is 9.15. The highest BCUT2D eigenvalue weighted by atomic mass is 16.1. The lowest BCUT2D eigenvalue weighted by Gasteiger charge is -2.12. The predicted octanol–water partition coefficient (Wildman–Crippen LogP) is 2.75. The molecule has 23 heavy (non-hydrogen) atoms. The summed E-state index contributed by atoms with van der Waals surface area (Å²) < 4.78 is 2.02. The molecule has 0 saturated carbocycles. The number of aromatic nitrogens is 3. The molecule has 1 aromatic carbocycles. The van der Waals surface area contributed by atoms with E-state index in [9.17, 15) is 4.79 Å². The van der Waals surface area contributed by atoms with Crippen molar-refractivity contribution in [2.75, 3.05) is 6.54 Å². The Bertz CT molecular complexity index is 760. The first kappa shape index (κ1) is 15.3. The number of hydrogen-bond donors (Lipinski definition) is 2. The number of H-pyrrole nitrogens is 1. The third kappa shape index (κ3) is 3.80. The van der Waals surface area contributed by atoms with E-state index in [1.165, 1.54) is 10.9 Å². The van der Waals surface area contributed by atoms with E-state index < -0.39 is 0 Å². The maximum atomic E-state index is 12.2. The normalized spacial score (nSPS) is 12.4. The van der Waals surface area contributed by atoms with E-state index in [4.69, 9.17) is 0 Å². The number of aromatic amines is 1. The Hall–Kier alpha value is -2.56. The molecular formula is C18H22N4O. The van der Waals surface area contributed by atoms with Gasteiger partial charge in [-0.2, -0.15) is 0 Å². The molecule has 2 aromatic heterocycles. The zero-order valence-electron chi connectivity index (χ0n) is 13.3. The molecule has 3 rings (SSSR count). The number of fused-ring (bicyclic) bond motifs is 1. The quantitative estimate of drug-likeness (QED) is 0.659. The smallest absolute Gasteiger partial charge is 0.223 e. The van der Waals surface area contributed by atoms with Gasteiger partial charge in [-0.05, 0) is 24.5 Å². The van der Waals surface area contributed by atoms with Gasteiger partial charge in [-0.1, -0.05) is 25.1 Å². The summed E-state index contributed by atoms with van der Waals surface area (Å²) in [5.74, 6) is 0.0726. The predicted molar refractivity (Wildman–Crippen MR) is 91.0 cm³/mol. The number of para-hydroxylation sites is 1. The fraction of sp³-hybridized carbons (Fsp3) is 0.333. The van der Waals surface area contributed by atoms with Crippen molar-refractivity contribution in [3.63, 3.8) is 0 Å². The molecule has 120 valence electrons. The number of nitrogens with one attached hydrogen (secondary N) is 2. The average Bonchev–Trinajstić information content (AvgIpc) is 3.21. The van der Waals surface area contributed by atoms with E-state index in [0.717, 1.165) is 24.9 Å². The number of aryl methyl sites for hydroxylation is 1. The lowest BCUT2D eigenvalue weighted by atomic mass is 10.00. The molecule has 0 spiro atoms. The number of nitrogens with zero attached hydrogens (tertiary/aromatic N) is 2. The standard InChI is InChI=1S/C18H22N4O/c1-14(11-15-12-21-17-6-3-2-5-16(15)17)18(23)20-7-4-9-22-10-8-19-13-22/h2-3,5-6,8,10,12-14,21H,4,7,9,11H2,1H3,(H,20,23). The molecule has 0 aliphatic rings. The molecule has 5 nitrogen and oxygen atoms in total. The molecule has 5 heteroatoms. The van der Waals surface area contributed by atoms with Crippen LogP contribution in [0.25, 0.3) is 10.9 Å². The van der Waals surface area contributed by atoms with Gasteiger partial charge >= 0.3 is 0 Å². The van der Waals surface area contributed by atoms with Crippen molar-refractivity contribution in [1.82, 2.24) is 19.9 Å². The van der Waals surface area contributed by atoms with Crippen molar-refractivity contribution < 1.29 is 4.79 Å². The molecule has 2 heterocycles. The van der Waals surface area contributed by atoms with Crippen LogP contribution in [0.15, 0.2) is 49.2 Å². The molecule has 0 aliphatic heterocycles. The Kier molecular flexibility index (Phi) is 4.76. The number of imidazole rings is 1. The minimum atomic E-state index is -0.0394. The van der Waals surface area contributed by atoms with Crippen LogP contribution in [0, 0.1) is 5.92 Å². The Labute approximate surface area is 135 Å². The SMILES string of the molecule is CC(Cc1c[nH]c2ccccc12)C(=O)NCCCn1ccnc1. The lowest BCUT2D eigenvalue weighted by molar-refractivity contribution is -0.124. The molecule has 1 unspecified atom stereocenters. The summed E-state index contributed by atoms with van der Waals surface area (Å²) in [6, 6.07) is 8.19. The minimum absolute atomic E-state index is 0.0394. The second-order valence-corrected chi connectivity index (χ2v) is 5.91. The van der Waals surface area contributed by atoms with Crippen molar-refractivity contribution in [3.8, 4) is 0 Å². The maximum absolute atomic E-state index is 12.2. The Morgan fingerprint density at radius 2 is 2.26 bits per heavy atom. The maximum Gasteiger partial charge on any atom is 0.223 e. The summed E-state index contributed by atoms with van der Waals surface area (Å²) in [4.78, 5) is 19.5. The molecular weight excluding hydrogens is 288 g/mol. The van der Waals surface area contributed by atoms with Crippen LogP contribution in [0.2, 0.25) is 0 Å². The first-order valence-electron chi connectivity index (χ1n) is 8.02. The zero-order valence-corrected chi connectivity index (χ0v) is 13.3. The van der Waals surface area contributed by atoms with Crippen LogP contribution in [0.5, 0.6) is 0 Å². The second-order valence-electron chi connectivity index (χ2n) is 5.91. The summed E-state index contributed by atoms with van der Waals surface area (Å²) in [6.45, 7) is 3.54. The molecule has 0 aliphatic carbocycles. The van der Waals surface area contributed by atoms with Gasteiger partial charge in [-0.15, -0.1) is 0 Å². The highest BCUT2D eigenvalue weighted by molar-refractivity contribution is 5.84. The third-order valence-electron chi connectivity index (χ3n) is 4.10. The number of benzene rings is 1. The zero-order chi connectivity index (χ0) is 16.1. The van der Waals surface area contributed by atoms with E-state index in [-0.39, 0.29) is 11.8 Å². The Morgan fingerprint density at radius 1 is 1.39 bits per heavy atom. The summed E-state index contributed by atoms with van der Waals surface area (Å²) in [7, 11) is 0. The van der Waals surface area contributed by atoms with Gasteiger partial charge in [0.2, 0.25) is 5.91 Å². The Balaban J connectivity index is 1.47. The van der Waals surface area contributed by atoms with Crippen LogP contribution in [0.1, 0.15) is 18.9 Å². The summed E-state index contributed by atoms with van der Waals surface area (Å²) >= 11 is 0. The highest BCUT2D eigenvalue weighted by Gasteiger charge is 2.15. The van der Waals surface area contributed by atoms with Crippen LogP contribution < -0.4 is 5.32 Å². The van der Waals surface area contributed by atoms with E-state index in [2.05, 4.69) is 27.4 Å². The van der Waals surface area contributed by atoms with Crippen LogP contribution in [-0.4, -0.2) is 27.0 Å². The van der Waals surface area contributed by atoms with E-state index in [1.807, 2.05) is 36.0 Å². The van der Waals surface area contributed by atoms with E-state index in [1.54, 1.807) is 12.5 Å². The van der Waals surface area contributed by atoms with E-state index in [0.29, 0.717) is 6.54 Å². The number of amides is 1. The molecule has 0 saturated heterocycles. The van der Waals surface area contributed by atoms with Gasteiger partial charge in [0.15, 0.2) is 0 Å². The van der Waals surface area contributed by atoms with Crippen molar-refractivity contribution >= 4 is 16.8 Å². The molecule has 3 aromatic rings.